The van der Waals surface area contributed by atoms with Gasteiger partial charge in [-0.05, 0) is 51.7 Å². The molecule has 0 aliphatic carbocycles. The summed E-state index contributed by atoms with van der Waals surface area (Å²) in [5.74, 6) is -0.0977. The zero-order valence-electron chi connectivity index (χ0n) is 19.3. The van der Waals surface area contributed by atoms with E-state index in [9.17, 15) is 9.59 Å². The number of hydrogen-bond donors (Lipinski definition) is 1. The van der Waals surface area contributed by atoms with Crippen molar-refractivity contribution in [3.8, 4) is 0 Å². The normalized spacial score (nSPS) is 12.9. The second-order valence-electron chi connectivity index (χ2n) is 8.42. The fraction of sp³-hybridized carbons (Fsp3) is 0.462. The minimum Gasteiger partial charge on any atom is -0.352 e. The maximum Gasteiger partial charge on any atom is 0.243 e. The number of carbonyl (C=O) groups excluding carboxylic acids is 2. The highest BCUT2D eigenvalue weighted by atomic mass is 16.2. The lowest BCUT2D eigenvalue weighted by Crippen LogP contribution is -2.51. The zero-order chi connectivity index (χ0) is 22.3. The first-order valence-electron chi connectivity index (χ1n) is 11.0. The second-order valence-corrected chi connectivity index (χ2v) is 8.42. The third-order valence-electron chi connectivity index (χ3n) is 5.50. The highest BCUT2D eigenvalue weighted by Gasteiger charge is 2.29. The first-order valence-corrected chi connectivity index (χ1v) is 11.0. The number of carbonyl (C=O) groups is 2. The molecule has 1 N–H and O–H groups in total. The fourth-order valence-electron chi connectivity index (χ4n) is 3.70. The van der Waals surface area contributed by atoms with Gasteiger partial charge in [-0.2, -0.15) is 0 Å². The molecule has 0 saturated carbocycles. The van der Waals surface area contributed by atoms with E-state index in [0.29, 0.717) is 19.4 Å². The van der Waals surface area contributed by atoms with Crippen molar-refractivity contribution in [3.05, 3.63) is 70.3 Å². The van der Waals surface area contributed by atoms with Crippen LogP contribution in [-0.4, -0.2) is 28.8 Å². The Hall–Kier alpha value is -2.62. The highest BCUT2D eigenvalue weighted by Crippen LogP contribution is 2.17. The molecule has 2 aromatic rings. The number of benzene rings is 2. The molecular weight excluding hydrogens is 372 g/mol. The summed E-state index contributed by atoms with van der Waals surface area (Å²) >= 11 is 0. The topological polar surface area (TPSA) is 49.4 Å². The monoisotopic (exact) mass is 408 g/mol. The Bertz CT molecular complexity index is 838. The molecule has 0 radical (unpaired) electrons. The Morgan fingerprint density at radius 1 is 0.867 bits per heavy atom. The molecule has 4 heteroatoms. The minimum absolute atomic E-state index is 0.0215. The number of amides is 2. The predicted octanol–water partition coefficient (Wildman–Crippen LogP) is 4.88. The van der Waals surface area contributed by atoms with Crippen molar-refractivity contribution in [1.29, 1.82) is 0 Å². The lowest BCUT2D eigenvalue weighted by molar-refractivity contribution is -0.141. The van der Waals surface area contributed by atoms with Crippen LogP contribution in [0.5, 0.6) is 0 Å². The van der Waals surface area contributed by atoms with Crippen LogP contribution in [-0.2, 0) is 22.6 Å². The SMILES string of the molecule is CCC(C)NC(=O)C(CC)N(Cc1ccc(C)cc1)C(=O)Cc1cc(C)cc(C)c1. The quantitative estimate of drug-likeness (QED) is 0.643. The molecule has 0 aromatic heterocycles. The van der Waals surface area contributed by atoms with Crippen LogP contribution < -0.4 is 5.32 Å². The lowest BCUT2D eigenvalue weighted by Gasteiger charge is -2.31. The van der Waals surface area contributed by atoms with Crippen LogP contribution in [0.4, 0.5) is 0 Å². The maximum atomic E-state index is 13.4. The summed E-state index contributed by atoms with van der Waals surface area (Å²) in [4.78, 5) is 28.2. The average Bonchev–Trinajstić information content (AvgIpc) is 2.68. The van der Waals surface area contributed by atoms with E-state index in [1.54, 1.807) is 4.90 Å². The molecule has 162 valence electrons. The molecule has 0 aliphatic rings. The van der Waals surface area contributed by atoms with E-state index in [-0.39, 0.29) is 17.9 Å². The van der Waals surface area contributed by atoms with Crippen molar-refractivity contribution in [2.45, 2.75) is 79.4 Å². The second kappa shape index (κ2) is 11.0. The van der Waals surface area contributed by atoms with Crippen molar-refractivity contribution in [3.63, 3.8) is 0 Å². The van der Waals surface area contributed by atoms with Gasteiger partial charge in [0.15, 0.2) is 0 Å². The van der Waals surface area contributed by atoms with Gasteiger partial charge in [0.25, 0.3) is 0 Å². The molecule has 0 heterocycles. The Kier molecular flexibility index (Phi) is 8.64. The van der Waals surface area contributed by atoms with E-state index in [0.717, 1.165) is 28.7 Å². The van der Waals surface area contributed by atoms with Gasteiger partial charge < -0.3 is 10.2 Å². The van der Waals surface area contributed by atoms with Crippen molar-refractivity contribution >= 4 is 11.8 Å². The smallest absolute Gasteiger partial charge is 0.243 e. The van der Waals surface area contributed by atoms with Gasteiger partial charge in [0, 0.05) is 12.6 Å². The Morgan fingerprint density at radius 3 is 2.00 bits per heavy atom. The van der Waals surface area contributed by atoms with E-state index in [4.69, 9.17) is 0 Å². The molecule has 0 spiro atoms. The summed E-state index contributed by atoms with van der Waals surface area (Å²) in [7, 11) is 0. The maximum absolute atomic E-state index is 13.4. The summed E-state index contributed by atoms with van der Waals surface area (Å²) in [6.07, 6.45) is 1.73. The van der Waals surface area contributed by atoms with E-state index < -0.39 is 6.04 Å². The zero-order valence-corrected chi connectivity index (χ0v) is 19.3. The molecule has 0 fully saturated rings. The molecule has 2 amide bonds. The van der Waals surface area contributed by atoms with Gasteiger partial charge in [0.1, 0.15) is 6.04 Å². The van der Waals surface area contributed by atoms with Crippen molar-refractivity contribution in [1.82, 2.24) is 10.2 Å². The summed E-state index contributed by atoms with van der Waals surface area (Å²) in [6.45, 7) is 12.6. The van der Waals surface area contributed by atoms with Crippen molar-refractivity contribution in [2.24, 2.45) is 0 Å². The van der Waals surface area contributed by atoms with Gasteiger partial charge >= 0.3 is 0 Å². The van der Waals surface area contributed by atoms with Crippen LogP contribution in [0.2, 0.25) is 0 Å². The summed E-state index contributed by atoms with van der Waals surface area (Å²) in [6, 6.07) is 14.0. The predicted molar refractivity (Wildman–Crippen MR) is 123 cm³/mol. The third kappa shape index (κ3) is 6.72. The molecule has 0 saturated heterocycles. The molecule has 0 bridgehead atoms. The molecular formula is C26H36N2O2. The van der Waals surface area contributed by atoms with Crippen LogP contribution >= 0.6 is 0 Å². The van der Waals surface area contributed by atoms with E-state index in [2.05, 4.69) is 23.5 Å². The van der Waals surface area contributed by atoms with E-state index in [1.165, 1.54) is 5.56 Å². The van der Waals surface area contributed by atoms with Crippen LogP contribution in [0.25, 0.3) is 0 Å². The Balaban J connectivity index is 2.31. The van der Waals surface area contributed by atoms with Gasteiger partial charge in [-0.15, -0.1) is 0 Å². The summed E-state index contributed by atoms with van der Waals surface area (Å²) in [5, 5.41) is 3.06. The van der Waals surface area contributed by atoms with Gasteiger partial charge in [-0.3, -0.25) is 9.59 Å². The number of hydrogen-bond acceptors (Lipinski definition) is 2. The van der Waals surface area contributed by atoms with Crippen LogP contribution in [0.15, 0.2) is 42.5 Å². The number of aryl methyl sites for hydroxylation is 3. The molecule has 4 nitrogen and oxygen atoms in total. The number of nitrogens with one attached hydrogen (secondary N) is 1. The standard InChI is InChI=1S/C26H36N2O2/c1-7-21(6)27-26(30)24(8-2)28(17-22-11-9-18(3)10-12-22)25(29)16-23-14-19(4)13-20(5)15-23/h9-15,21,24H,7-8,16-17H2,1-6H3,(H,27,30). The van der Waals surface area contributed by atoms with Crippen molar-refractivity contribution < 1.29 is 9.59 Å². The highest BCUT2D eigenvalue weighted by molar-refractivity contribution is 5.88. The minimum atomic E-state index is -0.487. The van der Waals surface area contributed by atoms with Gasteiger partial charge in [0.05, 0.1) is 6.42 Å². The summed E-state index contributed by atoms with van der Waals surface area (Å²) < 4.78 is 0. The van der Waals surface area contributed by atoms with Gasteiger partial charge in [-0.1, -0.05) is 73.0 Å². The lowest BCUT2D eigenvalue weighted by atomic mass is 10.0. The molecule has 2 rings (SSSR count). The summed E-state index contributed by atoms with van der Waals surface area (Å²) in [5.41, 5.74) is 5.48. The largest absolute Gasteiger partial charge is 0.352 e. The molecule has 30 heavy (non-hydrogen) atoms. The van der Waals surface area contributed by atoms with Crippen LogP contribution in [0.1, 0.15) is 61.4 Å². The first kappa shape index (κ1) is 23.7. The van der Waals surface area contributed by atoms with E-state index in [1.807, 2.05) is 65.8 Å². The molecule has 2 atom stereocenters. The number of nitrogens with zero attached hydrogens (tertiary/aromatic N) is 1. The first-order chi connectivity index (χ1) is 14.2. The Labute approximate surface area is 181 Å². The molecule has 2 aromatic carbocycles. The van der Waals surface area contributed by atoms with Crippen molar-refractivity contribution in [2.75, 3.05) is 0 Å². The number of rotatable bonds is 9. The van der Waals surface area contributed by atoms with Gasteiger partial charge in [0.2, 0.25) is 11.8 Å². The fourth-order valence-corrected chi connectivity index (χ4v) is 3.70. The average molecular weight is 409 g/mol. The third-order valence-corrected chi connectivity index (χ3v) is 5.50. The van der Waals surface area contributed by atoms with Gasteiger partial charge in [-0.25, -0.2) is 0 Å². The van der Waals surface area contributed by atoms with Crippen LogP contribution in [0.3, 0.4) is 0 Å². The Morgan fingerprint density at radius 2 is 1.47 bits per heavy atom. The molecule has 0 aliphatic heterocycles. The molecule has 2 unspecified atom stereocenters. The van der Waals surface area contributed by atoms with Crippen LogP contribution in [0, 0.1) is 20.8 Å². The van der Waals surface area contributed by atoms with E-state index >= 15 is 0 Å².